The third kappa shape index (κ3) is 2.59. The molecular weight excluding hydrogens is 240 g/mol. The molecule has 1 unspecified atom stereocenters. The molecule has 1 aliphatic carbocycles. The fourth-order valence-electron chi connectivity index (χ4n) is 2.25. The number of hydrogen-bond donors (Lipinski definition) is 0. The van der Waals surface area contributed by atoms with E-state index < -0.39 is 0 Å². The molecule has 0 aliphatic heterocycles. The SMILES string of the molecule is CC1=CC(c2ccc(Cl)cc2)=CC(C)=C(C)C1C. The number of hydrogen-bond acceptors (Lipinski definition) is 0. The summed E-state index contributed by atoms with van der Waals surface area (Å²) in [4.78, 5) is 0. The molecule has 94 valence electrons. The van der Waals surface area contributed by atoms with E-state index in [2.05, 4.69) is 52.0 Å². The van der Waals surface area contributed by atoms with Crippen LogP contribution in [0.4, 0.5) is 0 Å². The van der Waals surface area contributed by atoms with Gasteiger partial charge in [0.25, 0.3) is 0 Å². The molecule has 1 aliphatic rings. The molecule has 0 bridgehead atoms. The van der Waals surface area contributed by atoms with Gasteiger partial charge in [-0.1, -0.05) is 59.5 Å². The summed E-state index contributed by atoms with van der Waals surface area (Å²) in [6.45, 7) is 8.88. The van der Waals surface area contributed by atoms with E-state index in [0.717, 1.165) is 5.02 Å². The first-order valence-electron chi connectivity index (χ1n) is 6.32. The molecule has 0 heterocycles. The molecule has 1 aromatic carbocycles. The van der Waals surface area contributed by atoms with Gasteiger partial charge in [0.2, 0.25) is 0 Å². The second kappa shape index (κ2) is 5.16. The highest BCUT2D eigenvalue weighted by Gasteiger charge is 2.13. The van der Waals surface area contributed by atoms with E-state index in [1.807, 2.05) is 12.1 Å². The van der Waals surface area contributed by atoms with Crippen molar-refractivity contribution in [3.8, 4) is 0 Å². The molecule has 0 fully saturated rings. The van der Waals surface area contributed by atoms with Crippen molar-refractivity contribution in [3.05, 3.63) is 63.7 Å². The summed E-state index contributed by atoms with van der Waals surface area (Å²) in [5.74, 6) is 0.519. The van der Waals surface area contributed by atoms with Gasteiger partial charge in [-0.25, -0.2) is 0 Å². The Morgan fingerprint density at radius 1 is 0.944 bits per heavy atom. The van der Waals surface area contributed by atoms with Gasteiger partial charge in [0, 0.05) is 5.02 Å². The van der Waals surface area contributed by atoms with Crippen LogP contribution in [0.5, 0.6) is 0 Å². The topological polar surface area (TPSA) is 0 Å². The molecule has 0 saturated heterocycles. The molecule has 18 heavy (non-hydrogen) atoms. The van der Waals surface area contributed by atoms with Crippen molar-refractivity contribution in [1.82, 2.24) is 0 Å². The van der Waals surface area contributed by atoms with E-state index in [0.29, 0.717) is 5.92 Å². The van der Waals surface area contributed by atoms with Crippen molar-refractivity contribution in [2.45, 2.75) is 27.7 Å². The highest BCUT2D eigenvalue weighted by atomic mass is 35.5. The van der Waals surface area contributed by atoms with Crippen molar-refractivity contribution in [2.75, 3.05) is 0 Å². The Morgan fingerprint density at radius 3 is 2.17 bits per heavy atom. The van der Waals surface area contributed by atoms with Gasteiger partial charge < -0.3 is 0 Å². The highest BCUT2D eigenvalue weighted by Crippen LogP contribution is 2.31. The van der Waals surface area contributed by atoms with Crippen molar-refractivity contribution in [3.63, 3.8) is 0 Å². The van der Waals surface area contributed by atoms with Crippen molar-refractivity contribution >= 4 is 17.2 Å². The standard InChI is InChI=1S/C17H19Cl/c1-11-9-16(10-12(2)14(4)13(11)3)15-5-7-17(18)8-6-15/h5-10,13H,1-4H3. The van der Waals surface area contributed by atoms with Gasteiger partial charge in [0.15, 0.2) is 0 Å². The summed E-state index contributed by atoms with van der Waals surface area (Å²) in [6.07, 6.45) is 4.56. The Kier molecular flexibility index (Phi) is 3.77. The van der Waals surface area contributed by atoms with E-state index in [-0.39, 0.29) is 0 Å². The lowest BCUT2D eigenvalue weighted by atomic mass is 9.93. The molecule has 1 aromatic rings. The highest BCUT2D eigenvalue weighted by molar-refractivity contribution is 6.30. The van der Waals surface area contributed by atoms with Crippen molar-refractivity contribution in [1.29, 1.82) is 0 Å². The van der Waals surface area contributed by atoms with Gasteiger partial charge in [-0.05, 0) is 50.0 Å². The molecule has 0 N–H and O–H groups in total. The summed E-state index contributed by atoms with van der Waals surface area (Å²) in [5, 5.41) is 0.783. The van der Waals surface area contributed by atoms with E-state index in [1.54, 1.807) is 0 Å². The molecule has 2 rings (SSSR count). The lowest BCUT2D eigenvalue weighted by Crippen LogP contribution is -1.98. The maximum absolute atomic E-state index is 5.94. The first-order valence-corrected chi connectivity index (χ1v) is 6.70. The maximum atomic E-state index is 5.94. The quantitative estimate of drug-likeness (QED) is 0.610. The lowest BCUT2D eigenvalue weighted by Gasteiger charge is -2.12. The van der Waals surface area contributed by atoms with Gasteiger partial charge in [0.05, 0.1) is 0 Å². The largest absolute Gasteiger partial charge is 0.0843 e. The smallest absolute Gasteiger partial charge is 0.0406 e. The fourth-order valence-corrected chi connectivity index (χ4v) is 2.38. The van der Waals surface area contributed by atoms with Gasteiger partial charge in [-0.15, -0.1) is 0 Å². The predicted molar refractivity (Wildman–Crippen MR) is 80.7 cm³/mol. The van der Waals surface area contributed by atoms with Crippen molar-refractivity contribution < 1.29 is 0 Å². The Morgan fingerprint density at radius 2 is 1.56 bits per heavy atom. The summed E-state index contributed by atoms with van der Waals surface area (Å²) in [6, 6.07) is 8.05. The van der Waals surface area contributed by atoms with Gasteiger partial charge in [-0.2, -0.15) is 0 Å². The number of allylic oxidation sites excluding steroid dienone is 6. The Balaban J connectivity index is 2.51. The minimum absolute atomic E-state index is 0.519. The third-order valence-electron chi connectivity index (χ3n) is 3.89. The Hall–Kier alpha value is -1.27. The summed E-state index contributed by atoms with van der Waals surface area (Å²) in [7, 11) is 0. The minimum Gasteiger partial charge on any atom is -0.0843 e. The molecule has 0 saturated carbocycles. The Labute approximate surface area is 115 Å². The van der Waals surface area contributed by atoms with Crippen LogP contribution in [-0.4, -0.2) is 0 Å². The average Bonchev–Trinajstić information content (AvgIpc) is 2.44. The predicted octanol–water partition coefficient (Wildman–Crippen LogP) is 5.66. The molecule has 0 radical (unpaired) electrons. The van der Waals surface area contributed by atoms with E-state index in [9.17, 15) is 0 Å². The average molecular weight is 259 g/mol. The zero-order valence-electron chi connectivity index (χ0n) is 11.4. The van der Waals surface area contributed by atoms with Gasteiger partial charge in [-0.3, -0.25) is 0 Å². The van der Waals surface area contributed by atoms with Crippen LogP contribution in [0.1, 0.15) is 33.3 Å². The van der Waals surface area contributed by atoms with Crippen LogP contribution in [0.25, 0.3) is 5.57 Å². The normalized spacial score (nSPS) is 20.4. The molecular formula is C17H19Cl. The van der Waals surface area contributed by atoms with Gasteiger partial charge in [0.1, 0.15) is 0 Å². The van der Waals surface area contributed by atoms with Crippen LogP contribution in [0.15, 0.2) is 53.1 Å². The van der Waals surface area contributed by atoms with E-state index >= 15 is 0 Å². The summed E-state index contributed by atoms with van der Waals surface area (Å²) >= 11 is 5.94. The van der Waals surface area contributed by atoms with Gasteiger partial charge >= 0.3 is 0 Å². The van der Waals surface area contributed by atoms with Crippen LogP contribution in [0.3, 0.4) is 0 Å². The summed E-state index contributed by atoms with van der Waals surface area (Å²) < 4.78 is 0. The molecule has 1 atom stereocenters. The number of rotatable bonds is 1. The number of halogens is 1. The van der Waals surface area contributed by atoms with Crippen LogP contribution < -0.4 is 0 Å². The molecule has 0 nitrogen and oxygen atoms in total. The van der Waals surface area contributed by atoms with Crippen molar-refractivity contribution in [2.24, 2.45) is 5.92 Å². The molecule has 0 amide bonds. The Bertz CT molecular complexity index is 541. The second-order valence-corrected chi connectivity index (χ2v) is 5.52. The fraction of sp³-hybridized carbons (Fsp3) is 0.294. The maximum Gasteiger partial charge on any atom is 0.0406 e. The zero-order valence-corrected chi connectivity index (χ0v) is 12.2. The minimum atomic E-state index is 0.519. The van der Waals surface area contributed by atoms with Crippen LogP contribution in [0.2, 0.25) is 5.02 Å². The van der Waals surface area contributed by atoms with E-state index in [4.69, 9.17) is 11.6 Å². The molecule has 0 spiro atoms. The molecule has 0 aromatic heterocycles. The second-order valence-electron chi connectivity index (χ2n) is 5.08. The first kappa shape index (κ1) is 13.2. The molecule has 1 heteroatoms. The van der Waals surface area contributed by atoms with E-state index in [1.165, 1.54) is 27.9 Å². The number of benzene rings is 1. The zero-order chi connectivity index (χ0) is 13.3. The monoisotopic (exact) mass is 258 g/mol. The first-order chi connectivity index (χ1) is 8.49. The van der Waals surface area contributed by atoms with Crippen LogP contribution in [-0.2, 0) is 0 Å². The van der Waals surface area contributed by atoms with Crippen LogP contribution >= 0.6 is 11.6 Å². The summed E-state index contributed by atoms with van der Waals surface area (Å²) in [5.41, 5.74) is 6.71. The van der Waals surface area contributed by atoms with Crippen LogP contribution in [0, 0.1) is 5.92 Å². The third-order valence-corrected chi connectivity index (χ3v) is 4.14. The lowest BCUT2D eigenvalue weighted by molar-refractivity contribution is 0.794.